The van der Waals surface area contributed by atoms with E-state index < -0.39 is 0 Å². The zero-order valence-corrected chi connectivity index (χ0v) is 20.0. The van der Waals surface area contributed by atoms with Gasteiger partial charge in [-0.05, 0) is 35.4 Å². The van der Waals surface area contributed by atoms with E-state index >= 15 is 0 Å². The summed E-state index contributed by atoms with van der Waals surface area (Å²) in [5.74, 6) is 0.990. The molecule has 5 rings (SSSR count). The Morgan fingerprint density at radius 3 is 2.08 bits per heavy atom. The van der Waals surface area contributed by atoms with Gasteiger partial charge in [-0.2, -0.15) is 0 Å². The van der Waals surface area contributed by atoms with E-state index in [0.29, 0.717) is 17.0 Å². The molecule has 0 radical (unpaired) electrons. The molecule has 0 N–H and O–H groups in total. The number of carbonyl (C=O) groups is 1. The SMILES string of the molecule is COC(=O)Cn1cnc2c(N(c3ccc(OC)cc3)C(c3ccccc3)c3ccccc3)ncnc21. The molecule has 2 heterocycles. The molecule has 0 saturated carbocycles. The molecule has 36 heavy (non-hydrogen) atoms. The number of benzene rings is 3. The first-order chi connectivity index (χ1) is 17.7. The lowest BCUT2D eigenvalue weighted by molar-refractivity contribution is -0.141. The van der Waals surface area contributed by atoms with Crippen molar-refractivity contribution < 1.29 is 14.3 Å². The lowest BCUT2D eigenvalue weighted by Crippen LogP contribution is -2.26. The summed E-state index contributed by atoms with van der Waals surface area (Å²) in [5.41, 5.74) is 4.19. The summed E-state index contributed by atoms with van der Waals surface area (Å²) in [6.45, 7) is 0.00673. The van der Waals surface area contributed by atoms with Crippen LogP contribution in [-0.4, -0.2) is 39.7 Å². The van der Waals surface area contributed by atoms with Gasteiger partial charge < -0.3 is 18.9 Å². The number of anilines is 2. The van der Waals surface area contributed by atoms with Crippen LogP contribution in [0.25, 0.3) is 11.2 Å². The molecular weight excluding hydrogens is 454 g/mol. The van der Waals surface area contributed by atoms with Crippen LogP contribution in [0.3, 0.4) is 0 Å². The van der Waals surface area contributed by atoms with Crippen molar-refractivity contribution in [1.82, 2.24) is 19.5 Å². The number of methoxy groups -OCH3 is 2. The molecule has 8 heteroatoms. The molecule has 0 aliphatic rings. The molecule has 0 aliphatic carbocycles. The number of nitrogens with zero attached hydrogens (tertiary/aromatic N) is 5. The summed E-state index contributed by atoms with van der Waals surface area (Å²) < 4.78 is 11.9. The monoisotopic (exact) mass is 479 g/mol. The molecule has 0 bridgehead atoms. The van der Waals surface area contributed by atoms with Crippen LogP contribution in [0.5, 0.6) is 5.75 Å². The van der Waals surface area contributed by atoms with Crippen molar-refractivity contribution in [3.8, 4) is 5.75 Å². The van der Waals surface area contributed by atoms with E-state index in [4.69, 9.17) is 14.5 Å². The van der Waals surface area contributed by atoms with Crippen LogP contribution in [0.2, 0.25) is 0 Å². The lowest BCUT2D eigenvalue weighted by atomic mass is 9.96. The van der Waals surface area contributed by atoms with Gasteiger partial charge in [-0.25, -0.2) is 15.0 Å². The largest absolute Gasteiger partial charge is 0.497 e. The van der Waals surface area contributed by atoms with E-state index in [-0.39, 0.29) is 18.6 Å². The minimum atomic E-state index is -0.382. The molecule has 0 aliphatic heterocycles. The Morgan fingerprint density at radius 1 is 0.861 bits per heavy atom. The molecule has 3 aromatic carbocycles. The first-order valence-corrected chi connectivity index (χ1v) is 11.5. The molecule has 0 atom stereocenters. The molecule has 0 fully saturated rings. The van der Waals surface area contributed by atoms with Gasteiger partial charge in [-0.15, -0.1) is 0 Å². The van der Waals surface area contributed by atoms with E-state index in [1.807, 2.05) is 60.7 Å². The zero-order valence-electron chi connectivity index (χ0n) is 20.0. The average molecular weight is 480 g/mol. The standard InChI is InChI=1S/C28H25N5O3/c1-35-23-15-13-22(14-16-23)33(26(20-9-5-3-6-10-20)21-11-7-4-8-12-21)28-25-27(29-18-30-28)32(19-31-25)17-24(34)36-2/h3-16,18-19,26H,17H2,1-2H3. The third-order valence-corrected chi connectivity index (χ3v) is 5.98. The van der Waals surface area contributed by atoms with Crippen LogP contribution in [0.15, 0.2) is 97.6 Å². The van der Waals surface area contributed by atoms with Gasteiger partial charge in [-0.1, -0.05) is 60.7 Å². The van der Waals surface area contributed by atoms with Crippen LogP contribution < -0.4 is 9.64 Å². The number of aromatic nitrogens is 4. The molecule has 0 saturated heterocycles. The van der Waals surface area contributed by atoms with Crippen molar-refractivity contribution in [3.63, 3.8) is 0 Å². The Hall–Kier alpha value is -4.72. The lowest BCUT2D eigenvalue weighted by Gasteiger charge is -2.34. The first-order valence-electron chi connectivity index (χ1n) is 11.5. The Balaban J connectivity index is 1.74. The highest BCUT2D eigenvalue weighted by atomic mass is 16.5. The maximum absolute atomic E-state index is 12.0. The molecule has 5 aromatic rings. The predicted molar refractivity (Wildman–Crippen MR) is 137 cm³/mol. The summed E-state index contributed by atoms with van der Waals surface area (Å²) in [4.78, 5) is 27.9. The van der Waals surface area contributed by atoms with Crippen molar-refractivity contribution in [2.24, 2.45) is 0 Å². The fourth-order valence-electron chi connectivity index (χ4n) is 4.26. The van der Waals surface area contributed by atoms with Crippen LogP contribution in [0.1, 0.15) is 17.2 Å². The maximum Gasteiger partial charge on any atom is 0.325 e. The van der Waals surface area contributed by atoms with Crippen molar-refractivity contribution in [2.45, 2.75) is 12.6 Å². The molecule has 2 aromatic heterocycles. The number of hydrogen-bond donors (Lipinski definition) is 0. The van der Waals surface area contributed by atoms with Crippen molar-refractivity contribution in [2.75, 3.05) is 19.1 Å². The van der Waals surface area contributed by atoms with Crippen molar-refractivity contribution in [3.05, 3.63) is 109 Å². The minimum absolute atomic E-state index is 0.00673. The Kier molecular flexibility index (Phi) is 6.57. The van der Waals surface area contributed by atoms with Gasteiger partial charge in [0.1, 0.15) is 18.6 Å². The van der Waals surface area contributed by atoms with E-state index in [0.717, 1.165) is 22.6 Å². The number of imidazole rings is 1. The zero-order chi connectivity index (χ0) is 24.9. The normalized spacial score (nSPS) is 11.0. The van der Waals surface area contributed by atoms with Crippen LogP contribution in [0, 0.1) is 0 Å². The summed E-state index contributed by atoms with van der Waals surface area (Å²) in [7, 11) is 3.00. The second kappa shape index (κ2) is 10.3. The smallest absolute Gasteiger partial charge is 0.325 e. The number of ether oxygens (including phenoxy) is 2. The third kappa shape index (κ3) is 4.48. The Bertz CT molecular complexity index is 1410. The molecule has 0 amide bonds. The average Bonchev–Trinajstić information content (AvgIpc) is 3.35. The van der Waals surface area contributed by atoms with Gasteiger partial charge in [-0.3, -0.25) is 4.79 Å². The summed E-state index contributed by atoms with van der Waals surface area (Å²) in [6.07, 6.45) is 3.09. The second-order valence-corrected chi connectivity index (χ2v) is 8.11. The fraction of sp³-hybridized carbons (Fsp3) is 0.143. The number of esters is 1. The van der Waals surface area contributed by atoms with Gasteiger partial charge in [0, 0.05) is 5.69 Å². The van der Waals surface area contributed by atoms with E-state index in [1.54, 1.807) is 18.0 Å². The highest BCUT2D eigenvalue weighted by molar-refractivity contribution is 5.88. The van der Waals surface area contributed by atoms with Gasteiger partial charge in [0.2, 0.25) is 0 Å². The molecule has 180 valence electrons. The van der Waals surface area contributed by atoms with E-state index in [2.05, 4.69) is 39.1 Å². The summed E-state index contributed by atoms with van der Waals surface area (Å²) in [5, 5.41) is 0. The van der Waals surface area contributed by atoms with E-state index in [1.165, 1.54) is 13.4 Å². The van der Waals surface area contributed by atoms with Crippen LogP contribution >= 0.6 is 0 Å². The first kappa shape index (κ1) is 23.0. The Morgan fingerprint density at radius 2 is 1.50 bits per heavy atom. The summed E-state index contributed by atoms with van der Waals surface area (Å²) in [6, 6.07) is 28.1. The number of hydrogen-bond acceptors (Lipinski definition) is 7. The van der Waals surface area contributed by atoms with Gasteiger partial charge in [0.05, 0.1) is 26.6 Å². The van der Waals surface area contributed by atoms with Gasteiger partial charge in [0.25, 0.3) is 0 Å². The highest BCUT2D eigenvalue weighted by Gasteiger charge is 2.28. The fourth-order valence-corrected chi connectivity index (χ4v) is 4.26. The topological polar surface area (TPSA) is 82.4 Å². The van der Waals surface area contributed by atoms with Crippen molar-refractivity contribution >= 4 is 28.6 Å². The third-order valence-electron chi connectivity index (χ3n) is 5.98. The van der Waals surface area contributed by atoms with Gasteiger partial charge in [0.15, 0.2) is 17.0 Å². The second-order valence-electron chi connectivity index (χ2n) is 8.11. The van der Waals surface area contributed by atoms with Gasteiger partial charge >= 0.3 is 5.97 Å². The molecule has 0 spiro atoms. The molecular formula is C28H25N5O3. The quantitative estimate of drug-likeness (QED) is 0.292. The predicted octanol–water partition coefficient (Wildman–Crippen LogP) is 4.94. The van der Waals surface area contributed by atoms with Crippen molar-refractivity contribution in [1.29, 1.82) is 0 Å². The molecule has 8 nitrogen and oxygen atoms in total. The number of carbonyl (C=O) groups excluding carboxylic acids is 1. The number of rotatable bonds is 8. The summed E-state index contributed by atoms with van der Waals surface area (Å²) >= 11 is 0. The molecule has 0 unspecified atom stereocenters. The maximum atomic E-state index is 12.0. The van der Waals surface area contributed by atoms with Crippen LogP contribution in [-0.2, 0) is 16.1 Å². The van der Waals surface area contributed by atoms with Crippen LogP contribution in [0.4, 0.5) is 11.5 Å². The number of fused-ring (bicyclic) bond motifs is 1. The Labute approximate surface area is 208 Å². The highest BCUT2D eigenvalue weighted by Crippen LogP contribution is 2.40. The van der Waals surface area contributed by atoms with E-state index in [9.17, 15) is 4.79 Å². The minimum Gasteiger partial charge on any atom is -0.497 e.